The van der Waals surface area contributed by atoms with Gasteiger partial charge in [0, 0.05) is 48.9 Å². The van der Waals surface area contributed by atoms with Crippen molar-refractivity contribution in [1.82, 2.24) is 9.88 Å². The van der Waals surface area contributed by atoms with Crippen molar-refractivity contribution < 1.29 is 9.90 Å². The summed E-state index contributed by atoms with van der Waals surface area (Å²) in [5, 5.41) is 13.7. The number of nitrogens with one attached hydrogen (secondary N) is 1. The molecule has 0 spiro atoms. The van der Waals surface area contributed by atoms with Crippen LogP contribution in [0.25, 0.3) is 10.9 Å². The molecule has 1 saturated heterocycles. The molecule has 0 bridgehead atoms. The molecule has 2 aliphatic rings. The van der Waals surface area contributed by atoms with Gasteiger partial charge in [0.15, 0.2) is 0 Å². The van der Waals surface area contributed by atoms with E-state index in [0.717, 1.165) is 42.8 Å². The highest BCUT2D eigenvalue weighted by atomic mass is 35.5. The van der Waals surface area contributed by atoms with Crippen LogP contribution < -0.4 is 15.6 Å². The summed E-state index contributed by atoms with van der Waals surface area (Å²) in [4.78, 5) is 26.3. The Morgan fingerprint density at radius 3 is 2.84 bits per heavy atom. The number of benzene rings is 1. The van der Waals surface area contributed by atoms with Crippen LogP contribution >= 0.6 is 11.6 Å². The number of aromatic carboxylic acids is 1. The Morgan fingerprint density at radius 2 is 2.16 bits per heavy atom. The van der Waals surface area contributed by atoms with Crippen LogP contribution in [0, 0.1) is 0 Å². The van der Waals surface area contributed by atoms with Gasteiger partial charge in [-0.25, -0.2) is 4.79 Å². The molecule has 0 radical (unpaired) electrons. The van der Waals surface area contributed by atoms with E-state index in [9.17, 15) is 14.7 Å². The van der Waals surface area contributed by atoms with Gasteiger partial charge in [-0.3, -0.25) is 4.79 Å². The predicted octanol–water partition coefficient (Wildman–Crippen LogP) is 2.27. The van der Waals surface area contributed by atoms with E-state index >= 15 is 0 Å². The predicted molar refractivity (Wildman–Crippen MR) is 98.3 cm³/mol. The molecule has 0 amide bonds. The van der Waals surface area contributed by atoms with Gasteiger partial charge in [0.05, 0.1) is 16.2 Å². The molecule has 4 rings (SSSR count). The number of carbonyl (C=O) groups is 1. The smallest absolute Gasteiger partial charge is 0.341 e. The molecule has 0 saturated carbocycles. The van der Waals surface area contributed by atoms with E-state index < -0.39 is 11.4 Å². The van der Waals surface area contributed by atoms with E-state index in [2.05, 4.69) is 17.1 Å². The number of pyridine rings is 1. The number of carboxylic acids is 1. The highest BCUT2D eigenvalue weighted by Gasteiger charge is 2.31. The number of aromatic nitrogens is 1. The van der Waals surface area contributed by atoms with Gasteiger partial charge < -0.3 is 19.9 Å². The third kappa shape index (κ3) is 2.43. The standard InChI is InChI=1S/C18H20ClN3O3/c1-9-7-21(4-3-20-9)16-11-5-10(2)22-8-13(18(24)25)17(23)12(15(11)22)6-14(16)19/h6,8-10,20H,3-5,7H2,1-2H3,(H,24,25). The van der Waals surface area contributed by atoms with Gasteiger partial charge in [-0.2, -0.15) is 0 Å². The number of halogens is 1. The fourth-order valence-corrected chi connectivity index (χ4v) is 4.46. The largest absolute Gasteiger partial charge is 0.477 e. The molecule has 1 aromatic carbocycles. The van der Waals surface area contributed by atoms with Gasteiger partial charge in [0.2, 0.25) is 5.43 Å². The SMILES string of the molecule is CC1CN(c2c(Cl)cc3c(=O)c(C(=O)O)cn4c3c2CC4C)CCN1. The van der Waals surface area contributed by atoms with Gasteiger partial charge >= 0.3 is 5.97 Å². The summed E-state index contributed by atoms with van der Waals surface area (Å²) in [6.45, 7) is 6.76. The lowest BCUT2D eigenvalue weighted by molar-refractivity contribution is 0.0695. The van der Waals surface area contributed by atoms with E-state index in [-0.39, 0.29) is 11.6 Å². The Morgan fingerprint density at radius 1 is 1.40 bits per heavy atom. The van der Waals surface area contributed by atoms with Crippen LogP contribution in [0.5, 0.6) is 0 Å². The van der Waals surface area contributed by atoms with Crippen molar-refractivity contribution in [3.8, 4) is 0 Å². The average Bonchev–Trinajstić information content (AvgIpc) is 2.87. The summed E-state index contributed by atoms with van der Waals surface area (Å²) in [6, 6.07) is 2.10. The van der Waals surface area contributed by atoms with E-state index in [1.807, 2.05) is 11.5 Å². The first-order valence-electron chi connectivity index (χ1n) is 8.50. The van der Waals surface area contributed by atoms with Crippen LogP contribution in [0.3, 0.4) is 0 Å². The van der Waals surface area contributed by atoms with Crippen LogP contribution in [-0.4, -0.2) is 41.3 Å². The second-order valence-corrected chi connectivity index (χ2v) is 7.43. The fraction of sp³-hybridized carbons (Fsp3) is 0.444. The molecule has 25 heavy (non-hydrogen) atoms. The molecule has 132 valence electrons. The van der Waals surface area contributed by atoms with Crippen LogP contribution in [0.2, 0.25) is 5.02 Å². The lowest BCUT2D eigenvalue weighted by Crippen LogP contribution is -2.49. The van der Waals surface area contributed by atoms with Crippen molar-refractivity contribution in [3.63, 3.8) is 0 Å². The van der Waals surface area contributed by atoms with E-state index in [0.29, 0.717) is 16.5 Å². The van der Waals surface area contributed by atoms with Gasteiger partial charge in [0.1, 0.15) is 5.56 Å². The summed E-state index contributed by atoms with van der Waals surface area (Å²) in [5.41, 5.74) is 2.21. The molecule has 2 N–H and O–H groups in total. The minimum atomic E-state index is -1.20. The number of piperazine rings is 1. The molecule has 3 heterocycles. The zero-order valence-electron chi connectivity index (χ0n) is 14.2. The molecular formula is C18H20ClN3O3. The van der Waals surface area contributed by atoms with Crippen LogP contribution in [0.4, 0.5) is 5.69 Å². The average molecular weight is 362 g/mol. The van der Waals surface area contributed by atoms with Crippen molar-refractivity contribution in [2.24, 2.45) is 0 Å². The Kier molecular flexibility index (Phi) is 3.77. The first-order chi connectivity index (χ1) is 11.9. The van der Waals surface area contributed by atoms with Crippen molar-refractivity contribution in [1.29, 1.82) is 0 Å². The van der Waals surface area contributed by atoms with Gasteiger partial charge in [-0.1, -0.05) is 11.6 Å². The Hall–Kier alpha value is -2.05. The monoisotopic (exact) mass is 361 g/mol. The quantitative estimate of drug-likeness (QED) is 0.858. The van der Waals surface area contributed by atoms with Gasteiger partial charge in [0.25, 0.3) is 0 Å². The molecular weight excluding hydrogens is 342 g/mol. The molecule has 0 aliphatic carbocycles. The zero-order chi connectivity index (χ0) is 17.9. The first-order valence-corrected chi connectivity index (χ1v) is 8.88. The number of nitrogens with zero attached hydrogens (tertiary/aromatic N) is 2. The van der Waals surface area contributed by atoms with E-state index in [4.69, 9.17) is 11.6 Å². The lowest BCUT2D eigenvalue weighted by Gasteiger charge is -2.35. The Labute approximate surface area is 150 Å². The maximum Gasteiger partial charge on any atom is 0.341 e. The van der Waals surface area contributed by atoms with Crippen LogP contribution in [0.15, 0.2) is 17.1 Å². The number of anilines is 1. The van der Waals surface area contributed by atoms with Gasteiger partial charge in [-0.05, 0) is 26.3 Å². The zero-order valence-corrected chi connectivity index (χ0v) is 14.9. The third-order valence-electron chi connectivity index (χ3n) is 5.23. The van der Waals surface area contributed by atoms with E-state index in [1.165, 1.54) is 6.20 Å². The number of carboxylic acid groups (broad SMARTS) is 1. The van der Waals surface area contributed by atoms with Gasteiger partial charge in [-0.15, -0.1) is 0 Å². The normalized spacial score (nSPS) is 22.6. The summed E-state index contributed by atoms with van der Waals surface area (Å²) < 4.78 is 1.92. The molecule has 2 unspecified atom stereocenters. The molecule has 2 aromatic rings. The Balaban J connectivity index is 2.00. The highest BCUT2D eigenvalue weighted by molar-refractivity contribution is 6.34. The van der Waals surface area contributed by atoms with Crippen molar-refractivity contribution in [2.45, 2.75) is 32.4 Å². The molecule has 2 aliphatic heterocycles. The molecule has 6 nitrogen and oxygen atoms in total. The number of hydrogen-bond acceptors (Lipinski definition) is 4. The topological polar surface area (TPSA) is 74.6 Å². The summed E-state index contributed by atoms with van der Waals surface area (Å²) >= 11 is 6.59. The third-order valence-corrected chi connectivity index (χ3v) is 5.52. The summed E-state index contributed by atoms with van der Waals surface area (Å²) in [7, 11) is 0. The first kappa shape index (κ1) is 16.4. The Bertz CT molecular complexity index is 953. The molecule has 7 heteroatoms. The van der Waals surface area contributed by atoms with E-state index in [1.54, 1.807) is 6.07 Å². The fourth-order valence-electron chi connectivity index (χ4n) is 4.12. The minimum Gasteiger partial charge on any atom is -0.477 e. The van der Waals surface area contributed by atoms with Crippen molar-refractivity contribution in [3.05, 3.63) is 38.6 Å². The molecule has 1 aromatic heterocycles. The number of rotatable bonds is 2. The lowest BCUT2D eigenvalue weighted by atomic mass is 10.0. The van der Waals surface area contributed by atoms with Crippen molar-refractivity contribution in [2.75, 3.05) is 24.5 Å². The highest BCUT2D eigenvalue weighted by Crippen LogP contribution is 2.42. The minimum absolute atomic E-state index is 0.0914. The second kappa shape index (κ2) is 5.75. The summed E-state index contributed by atoms with van der Waals surface area (Å²) in [5.74, 6) is -1.20. The molecule has 2 atom stereocenters. The summed E-state index contributed by atoms with van der Waals surface area (Å²) in [6.07, 6.45) is 2.22. The maximum atomic E-state index is 12.6. The van der Waals surface area contributed by atoms with Crippen molar-refractivity contribution >= 4 is 34.2 Å². The molecule has 1 fully saturated rings. The van der Waals surface area contributed by atoms with Crippen LogP contribution in [-0.2, 0) is 6.42 Å². The maximum absolute atomic E-state index is 12.6. The van der Waals surface area contributed by atoms with Crippen LogP contribution in [0.1, 0.15) is 35.8 Å². The number of hydrogen-bond donors (Lipinski definition) is 2. The second-order valence-electron chi connectivity index (χ2n) is 7.02.